The molecule has 3 unspecified atom stereocenters. The first-order valence-corrected chi connectivity index (χ1v) is 7.50. The van der Waals surface area contributed by atoms with Gasteiger partial charge >= 0.3 is 0 Å². The lowest BCUT2D eigenvalue weighted by molar-refractivity contribution is -0.0923. The molecule has 18 heavy (non-hydrogen) atoms. The molecule has 1 aliphatic carbocycles. The first-order valence-electron chi connectivity index (χ1n) is 6.33. The molecule has 2 nitrogen and oxygen atoms in total. The number of halogens is 2. The maximum Gasteiger partial charge on any atom is 0.0694 e. The van der Waals surface area contributed by atoms with Gasteiger partial charge in [-0.1, -0.05) is 25.4 Å². The highest BCUT2D eigenvalue weighted by Crippen LogP contribution is 2.53. The van der Waals surface area contributed by atoms with Crippen molar-refractivity contribution in [2.45, 2.75) is 32.4 Å². The molecule has 3 atom stereocenters. The predicted octanol–water partition coefficient (Wildman–Crippen LogP) is 4.33. The number of nitrogens with one attached hydrogen (secondary N) is 1. The molecule has 1 saturated carbocycles. The topological polar surface area (TPSA) is 21.3 Å². The molecular weight excluding hydrogens is 314 g/mol. The second-order valence-corrected chi connectivity index (χ2v) is 7.10. The van der Waals surface area contributed by atoms with Crippen molar-refractivity contribution in [2.24, 2.45) is 11.3 Å². The number of benzene rings is 1. The highest BCUT2D eigenvalue weighted by Gasteiger charge is 2.59. The molecule has 0 amide bonds. The minimum absolute atomic E-state index is 0.195. The van der Waals surface area contributed by atoms with Crippen molar-refractivity contribution in [3.8, 4) is 0 Å². The van der Waals surface area contributed by atoms with E-state index in [0.717, 1.165) is 28.2 Å². The fourth-order valence-corrected chi connectivity index (χ4v) is 4.19. The fraction of sp³-hybridized carbons (Fsp3) is 0.571. The maximum absolute atomic E-state index is 5.97. The van der Waals surface area contributed by atoms with Gasteiger partial charge in [-0.3, -0.25) is 0 Å². The minimum Gasteiger partial charge on any atom is -0.380 e. The number of anilines is 1. The first kappa shape index (κ1) is 12.8. The summed E-state index contributed by atoms with van der Waals surface area (Å²) in [7, 11) is 0. The Kier molecular flexibility index (Phi) is 3.12. The second-order valence-electron chi connectivity index (χ2n) is 5.81. The minimum atomic E-state index is 0.195. The van der Waals surface area contributed by atoms with Crippen LogP contribution in [0.2, 0.25) is 5.02 Å². The van der Waals surface area contributed by atoms with E-state index in [9.17, 15) is 0 Å². The zero-order valence-electron chi connectivity index (χ0n) is 10.5. The van der Waals surface area contributed by atoms with Crippen molar-refractivity contribution in [3.05, 3.63) is 27.7 Å². The van der Waals surface area contributed by atoms with Crippen LogP contribution in [0.5, 0.6) is 0 Å². The number of rotatable bonds is 2. The van der Waals surface area contributed by atoms with Gasteiger partial charge in [-0.25, -0.2) is 0 Å². The molecule has 2 fully saturated rings. The standard InChI is InChI=1S/C14H17BrClNO/c1-14(2)12(9-5-6-18-13(9)14)17-11-4-3-8(16)7-10(11)15/h3-4,7,9,12-13,17H,5-6H2,1-2H3. The van der Waals surface area contributed by atoms with Crippen LogP contribution in [-0.2, 0) is 4.74 Å². The third kappa shape index (κ3) is 1.87. The number of ether oxygens (including phenoxy) is 1. The van der Waals surface area contributed by atoms with Gasteiger partial charge in [-0.05, 0) is 40.5 Å². The molecule has 2 aliphatic rings. The van der Waals surface area contributed by atoms with E-state index in [1.54, 1.807) is 0 Å². The number of fused-ring (bicyclic) bond motifs is 1. The highest BCUT2D eigenvalue weighted by molar-refractivity contribution is 9.10. The van der Waals surface area contributed by atoms with Gasteiger partial charge in [0.25, 0.3) is 0 Å². The summed E-state index contributed by atoms with van der Waals surface area (Å²) in [5, 5.41) is 4.40. The summed E-state index contributed by atoms with van der Waals surface area (Å²) in [6, 6.07) is 6.36. The Labute approximate surface area is 121 Å². The Morgan fingerprint density at radius 2 is 2.22 bits per heavy atom. The van der Waals surface area contributed by atoms with E-state index < -0.39 is 0 Å². The number of hydrogen-bond acceptors (Lipinski definition) is 2. The van der Waals surface area contributed by atoms with Crippen molar-refractivity contribution in [1.82, 2.24) is 0 Å². The monoisotopic (exact) mass is 329 g/mol. The van der Waals surface area contributed by atoms with Gasteiger partial charge in [0.05, 0.1) is 6.10 Å². The van der Waals surface area contributed by atoms with Crippen molar-refractivity contribution in [1.29, 1.82) is 0 Å². The van der Waals surface area contributed by atoms with Gasteiger partial charge in [0.1, 0.15) is 0 Å². The van der Waals surface area contributed by atoms with Crippen LogP contribution in [0.4, 0.5) is 5.69 Å². The summed E-state index contributed by atoms with van der Waals surface area (Å²) in [4.78, 5) is 0. The third-order valence-electron chi connectivity index (χ3n) is 4.34. The van der Waals surface area contributed by atoms with Gasteiger partial charge in [-0.2, -0.15) is 0 Å². The molecule has 0 spiro atoms. The lowest BCUT2D eigenvalue weighted by Gasteiger charge is -2.55. The molecular formula is C14H17BrClNO. The van der Waals surface area contributed by atoms with E-state index in [0.29, 0.717) is 18.1 Å². The molecule has 1 N–H and O–H groups in total. The van der Waals surface area contributed by atoms with E-state index in [2.05, 4.69) is 35.1 Å². The lowest BCUT2D eigenvalue weighted by Crippen LogP contribution is -2.63. The largest absolute Gasteiger partial charge is 0.380 e. The molecule has 0 aromatic heterocycles. The Bertz CT molecular complexity index is 477. The molecule has 1 saturated heterocycles. The van der Waals surface area contributed by atoms with Crippen LogP contribution in [0.3, 0.4) is 0 Å². The summed E-state index contributed by atoms with van der Waals surface area (Å²) in [5.41, 5.74) is 1.31. The maximum atomic E-state index is 5.97. The zero-order chi connectivity index (χ0) is 12.9. The van der Waals surface area contributed by atoms with Crippen LogP contribution in [0.15, 0.2) is 22.7 Å². The van der Waals surface area contributed by atoms with Gasteiger partial charge < -0.3 is 10.1 Å². The SMILES string of the molecule is CC1(C)C(Nc2ccc(Cl)cc2Br)C2CCOC21. The average Bonchev–Trinajstić information content (AvgIpc) is 2.74. The fourth-order valence-electron chi connectivity index (χ4n) is 3.39. The molecule has 1 aromatic carbocycles. The molecule has 3 rings (SSSR count). The van der Waals surface area contributed by atoms with Crippen LogP contribution < -0.4 is 5.32 Å². The molecule has 1 aliphatic heterocycles. The second kappa shape index (κ2) is 4.39. The van der Waals surface area contributed by atoms with Gasteiger partial charge in [0, 0.05) is 39.2 Å². The lowest BCUT2D eigenvalue weighted by atomic mass is 9.57. The van der Waals surface area contributed by atoms with Crippen LogP contribution in [0.25, 0.3) is 0 Å². The van der Waals surface area contributed by atoms with Crippen LogP contribution in [0.1, 0.15) is 20.3 Å². The van der Waals surface area contributed by atoms with Gasteiger partial charge in [0.2, 0.25) is 0 Å². The predicted molar refractivity (Wildman–Crippen MR) is 78.2 cm³/mol. The summed E-state index contributed by atoms with van der Waals surface area (Å²) in [6.07, 6.45) is 1.58. The Hall–Kier alpha value is -0.250. The molecule has 98 valence electrons. The van der Waals surface area contributed by atoms with Gasteiger partial charge in [0.15, 0.2) is 0 Å². The zero-order valence-corrected chi connectivity index (χ0v) is 12.9. The van der Waals surface area contributed by atoms with E-state index >= 15 is 0 Å². The van der Waals surface area contributed by atoms with Crippen molar-refractivity contribution < 1.29 is 4.74 Å². The number of hydrogen-bond donors (Lipinski definition) is 1. The third-order valence-corrected chi connectivity index (χ3v) is 5.23. The Balaban J connectivity index is 1.80. The Morgan fingerprint density at radius 3 is 2.94 bits per heavy atom. The van der Waals surface area contributed by atoms with Crippen LogP contribution in [0, 0.1) is 11.3 Å². The smallest absolute Gasteiger partial charge is 0.0694 e. The molecule has 1 aromatic rings. The molecule has 1 heterocycles. The molecule has 0 bridgehead atoms. The normalized spacial score (nSPS) is 32.8. The highest BCUT2D eigenvalue weighted by atomic mass is 79.9. The molecule has 0 radical (unpaired) electrons. The van der Waals surface area contributed by atoms with Crippen molar-refractivity contribution >= 4 is 33.2 Å². The van der Waals surface area contributed by atoms with Crippen LogP contribution >= 0.6 is 27.5 Å². The summed E-state index contributed by atoms with van der Waals surface area (Å²) in [6.45, 7) is 5.46. The van der Waals surface area contributed by atoms with Gasteiger partial charge in [-0.15, -0.1) is 0 Å². The summed E-state index contributed by atoms with van der Waals surface area (Å²) >= 11 is 9.53. The average molecular weight is 331 g/mol. The summed E-state index contributed by atoms with van der Waals surface area (Å²) < 4.78 is 6.83. The van der Waals surface area contributed by atoms with Crippen LogP contribution in [-0.4, -0.2) is 18.8 Å². The quantitative estimate of drug-likeness (QED) is 0.871. The van der Waals surface area contributed by atoms with E-state index in [4.69, 9.17) is 16.3 Å². The van der Waals surface area contributed by atoms with Crippen molar-refractivity contribution in [3.63, 3.8) is 0 Å². The van der Waals surface area contributed by atoms with E-state index in [1.165, 1.54) is 0 Å². The Morgan fingerprint density at radius 1 is 1.44 bits per heavy atom. The van der Waals surface area contributed by atoms with E-state index in [1.807, 2.05) is 18.2 Å². The van der Waals surface area contributed by atoms with E-state index in [-0.39, 0.29) is 5.41 Å². The van der Waals surface area contributed by atoms with Crippen molar-refractivity contribution in [2.75, 3.05) is 11.9 Å². The first-order chi connectivity index (χ1) is 8.50. The summed E-state index contributed by atoms with van der Waals surface area (Å²) in [5.74, 6) is 0.641. The molecule has 4 heteroatoms.